The standard InChI is InChI=1S/C17H21F2N3O3/c1-10(2)22(11(3)4)17(23)15-14(7-6-13(18)16(15)19)25-12(8-20-5)9-21-24/h6-11H,1-5H3/b12-9+,20-8-. The van der Waals surface area contributed by atoms with Crippen LogP contribution in [0.15, 0.2) is 34.3 Å². The maximum atomic E-state index is 14.4. The minimum atomic E-state index is -1.32. The van der Waals surface area contributed by atoms with Crippen molar-refractivity contribution in [3.05, 3.63) is 46.2 Å². The molecule has 8 heteroatoms. The van der Waals surface area contributed by atoms with Gasteiger partial charge in [0.15, 0.2) is 17.4 Å². The lowest BCUT2D eigenvalue weighted by atomic mass is 10.1. The maximum absolute atomic E-state index is 14.4. The average molecular weight is 353 g/mol. The Morgan fingerprint density at radius 2 is 1.80 bits per heavy atom. The summed E-state index contributed by atoms with van der Waals surface area (Å²) in [5.74, 6) is -3.56. The molecule has 1 aromatic carbocycles. The number of rotatable bonds is 7. The van der Waals surface area contributed by atoms with Crippen LogP contribution in [0.2, 0.25) is 0 Å². The van der Waals surface area contributed by atoms with Gasteiger partial charge in [0.05, 0.1) is 6.21 Å². The summed E-state index contributed by atoms with van der Waals surface area (Å²) in [7, 11) is 1.43. The van der Waals surface area contributed by atoms with Crippen molar-refractivity contribution in [3.63, 3.8) is 0 Å². The number of halogens is 2. The summed E-state index contributed by atoms with van der Waals surface area (Å²) in [5, 5.41) is 2.57. The van der Waals surface area contributed by atoms with Crippen molar-refractivity contribution < 1.29 is 18.3 Å². The van der Waals surface area contributed by atoms with Gasteiger partial charge in [-0.3, -0.25) is 9.79 Å². The van der Waals surface area contributed by atoms with Crippen molar-refractivity contribution in [3.8, 4) is 5.75 Å². The Hall–Kier alpha value is -2.64. The molecule has 0 aliphatic rings. The fourth-order valence-electron chi connectivity index (χ4n) is 2.40. The first-order valence-corrected chi connectivity index (χ1v) is 7.67. The summed E-state index contributed by atoms with van der Waals surface area (Å²) in [6.45, 7) is 7.06. The molecule has 0 saturated carbocycles. The molecule has 0 saturated heterocycles. The molecule has 0 heterocycles. The van der Waals surface area contributed by atoms with Gasteiger partial charge in [0.2, 0.25) is 0 Å². The molecule has 1 amide bonds. The molecule has 0 atom stereocenters. The molecule has 25 heavy (non-hydrogen) atoms. The van der Waals surface area contributed by atoms with Crippen molar-refractivity contribution in [2.75, 3.05) is 7.05 Å². The second kappa shape index (κ2) is 9.00. The van der Waals surface area contributed by atoms with E-state index in [-0.39, 0.29) is 23.6 Å². The highest BCUT2D eigenvalue weighted by Crippen LogP contribution is 2.28. The van der Waals surface area contributed by atoms with Crippen LogP contribution in [0.3, 0.4) is 0 Å². The number of benzene rings is 1. The summed E-state index contributed by atoms with van der Waals surface area (Å²) >= 11 is 0. The summed E-state index contributed by atoms with van der Waals surface area (Å²) in [6, 6.07) is 1.47. The summed E-state index contributed by atoms with van der Waals surface area (Å²) in [6.07, 6.45) is 1.98. The molecule has 0 N–H and O–H groups in total. The van der Waals surface area contributed by atoms with Crippen LogP contribution >= 0.6 is 0 Å². The Morgan fingerprint density at radius 1 is 1.20 bits per heavy atom. The zero-order valence-corrected chi connectivity index (χ0v) is 14.8. The molecule has 0 fully saturated rings. The van der Waals surface area contributed by atoms with E-state index in [1.54, 1.807) is 27.7 Å². The number of carbonyl (C=O) groups is 1. The minimum absolute atomic E-state index is 0.113. The molecule has 0 bridgehead atoms. The normalized spacial score (nSPS) is 12.1. The molecule has 1 rings (SSSR count). The highest BCUT2D eigenvalue weighted by molar-refractivity contribution is 5.98. The third-order valence-corrected chi connectivity index (χ3v) is 3.28. The molecule has 0 unspecified atom stereocenters. The molecule has 0 spiro atoms. The van der Waals surface area contributed by atoms with E-state index >= 15 is 0 Å². The zero-order chi connectivity index (χ0) is 19.1. The highest BCUT2D eigenvalue weighted by atomic mass is 19.2. The number of nitrogens with zero attached hydrogens (tertiary/aromatic N) is 3. The van der Waals surface area contributed by atoms with E-state index in [9.17, 15) is 18.5 Å². The number of ether oxygens (including phenoxy) is 1. The first kappa shape index (κ1) is 20.4. The Labute approximate surface area is 145 Å². The van der Waals surface area contributed by atoms with Crippen LogP contribution in [-0.2, 0) is 0 Å². The van der Waals surface area contributed by atoms with E-state index in [1.165, 1.54) is 18.2 Å². The molecule has 1 aromatic rings. The molecule has 6 nitrogen and oxygen atoms in total. The monoisotopic (exact) mass is 353 g/mol. The van der Waals surface area contributed by atoms with E-state index in [0.717, 1.165) is 18.3 Å². The SMILES string of the molecule is C/N=C\C(=C/N=O)Oc1ccc(F)c(F)c1C(=O)N(C(C)C)C(C)C. The van der Waals surface area contributed by atoms with Gasteiger partial charge in [-0.05, 0) is 45.0 Å². The van der Waals surface area contributed by atoms with E-state index < -0.39 is 23.1 Å². The number of nitroso groups, excluding NO2 is 1. The molecular formula is C17H21F2N3O3. The molecule has 0 aliphatic carbocycles. The first-order chi connectivity index (χ1) is 11.7. The third kappa shape index (κ3) is 4.91. The van der Waals surface area contributed by atoms with Gasteiger partial charge in [-0.15, -0.1) is 4.91 Å². The van der Waals surface area contributed by atoms with Crippen LogP contribution < -0.4 is 4.74 Å². The van der Waals surface area contributed by atoms with Crippen LogP contribution in [0.1, 0.15) is 38.1 Å². The maximum Gasteiger partial charge on any atom is 0.261 e. The highest BCUT2D eigenvalue weighted by Gasteiger charge is 2.29. The van der Waals surface area contributed by atoms with Crippen molar-refractivity contribution in [2.24, 2.45) is 10.2 Å². The van der Waals surface area contributed by atoms with Crippen LogP contribution in [0.25, 0.3) is 0 Å². The van der Waals surface area contributed by atoms with Gasteiger partial charge in [0.1, 0.15) is 17.5 Å². The van der Waals surface area contributed by atoms with Gasteiger partial charge in [-0.1, -0.05) is 0 Å². The largest absolute Gasteiger partial charge is 0.453 e. The lowest BCUT2D eigenvalue weighted by molar-refractivity contribution is 0.0634. The van der Waals surface area contributed by atoms with Crippen LogP contribution in [-0.4, -0.2) is 36.2 Å². The molecule has 0 aromatic heterocycles. The van der Waals surface area contributed by atoms with Crippen molar-refractivity contribution >= 4 is 12.1 Å². The topological polar surface area (TPSA) is 71.3 Å². The van der Waals surface area contributed by atoms with Gasteiger partial charge in [-0.25, -0.2) is 8.78 Å². The predicted molar refractivity (Wildman–Crippen MR) is 91.7 cm³/mol. The number of carbonyl (C=O) groups excluding carboxylic acids is 1. The average Bonchev–Trinajstić information content (AvgIpc) is 2.50. The summed E-state index contributed by atoms with van der Waals surface area (Å²) in [5.41, 5.74) is -0.552. The number of amides is 1. The summed E-state index contributed by atoms with van der Waals surface area (Å²) < 4.78 is 33.4. The third-order valence-electron chi connectivity index (χ3n) is 3.28. The second-order valence-corrected chi connectivity index (χ2v) is 5.76. The lowest BCUT2D eigenvalue weighted by Gasteiger charge is -2.31. The molecule has 136 valence electrons. The van der Waals surface area contributed by atoms with Gasteiger partial charge < -0.3 is 9.64 Å². The predicted octanol–water partition coefficient (Wildman–Crippen LogP) is 3.91. The Balaban J connectivity index is 3.48. The smallest absolute Gasteiger partial charge is 0.261 e. The van der Waals surface area contributed by atoms with E-state index in [4.69, 9.17) is 4.74 Å². The number of allylic oxidation sites excluding steroid dienone is 1. The minimum Gasteiger partial charge on any atom is -0.453 e. The van der Waals surface area contributed by atoms with Gasteiger partial charge in [0, 0.05) is 19.1 Å². The van der Waals surface area contributed by atoms with Gasteiger partial charge in [0.25, 0.3) is 5.91 Å². The van der Waals surface area contributed by atoms with Crippen LogP contribution in [0.5, 0.6) is 5.75 Å². The Kier molecular flexibility index (Phi) is 7.35. The Bertz CT molecular complexity index is 693. The van der Waals surface area contributed by atoms with Gasteiger partial charge in [-0.2, -0.15) is 0 Å². The number of aliphatic imine (C=N–C) groups is 1. The van der Waals surface area contributed by atoms with Crippen LogP contribution in [0.4, 0.5) is 8.78 Å². The fraction of sp³-hybridized carbons (Fsp3) is 0.412. The van der Waals surface area contributed by atoms with Crippen molar-refractivity contribution in [2.45, 2.75) is 39.8 Å². The fourth-order valence-corrected chi connectivity index (χ4v) is 2.40. The van der Waals surface area contributed by atoms with Crippen molar-refractivity contribution in [1.82, 2.24) is 4.90 Å². The quantitative estimate of drug-likeness (QED) is 0.424. The van der Waals surface area contributed by atoms with E-state index in [0.29, 0.717) is 0 Å². The zero-order valence-electron chi connectivity index (χ0n) is 14.8. The molecule has 0 aliphatic heterocycles. The second-order valence-electron chi connectivity index (χ2n) is 5.76. The van der Waals surface area contributed by atoms with Crippen molar-refractivity contribution in [1.29, 1.82) is 0 Å². The number of hydrogen-bond acceptors (Lipinski definition) is 5. The van der Waals surface area contributed by atoms with E-state index in [2.05, 4.69) is 10.2 Å². The van der Waals surface area contributed by atoms with Gasteiger partial charge >= 0.3 is 0 Å². The molecular weight excluding hydrogens is 332 g/mol. The molecule has 0 radical (unpaired) electrons. The number of hydrogen-bond donors (Lipinski definition) is 0. The lowest BCUT2D eigenvalue weighted by Crippen LogP contribution is -2.42. The van der Waals surface area contributed by atoms with Crippen LogP contribution in [0, 0.1) is 16.5 Å². The van der Waals surface area contributed by atoms with E-state index in [1.807, 2.05) is 0 Å². The first-order valence-electron chi connectivity index (χ1n) is 7.67. The summed E-state index contributed by atoms with van der Waals surface area (Å²) in [4.78, 5) is 28.3. The Morgan fingerprint density at radius 3 is 2.28 bits per heavy atom.